The van der Waals surface area contributed by atoms with Crippen molar-refractivity contribution in [1.29, 1.82) is 0 Å². The molecule has 0 saturated carbocycles. The van der Waals surface area contributed by atoms with Crippen molar-refractivity contribution in [1.82, 2.24) is 14.8 Å². The molecule has 0 bridgehead atoms. The molecule has 2 aliphatic heterocycles. The Morgan fingerprint density at radius 3 is 2.09 bits per heavy atom. The van der Waals surface area contributed by atoms with E-state index in [9.17, 15) is 4.79 Å². The van der Waals surface area contributed by atoms with E-state index in [0.717, 1.165) is 63.2 Å². The summed E-state index contributed by atoms with van der Waals surface area (Å²) in [4.78, 5) is 21.6. The van der Waals surface area contributed by atoms with Crippen molar-refractivity contribution in [3.05, 3.63) is 42.2 Å². The summed E-state index contributed by atoms with van der Waals surface area (Å²) in [7, 11) is 4.86. The summed E-state index contributed by atoms with van der Waals surface area (Å²) >= 11 is 0. The fourth-order valence-electron chi connectivity index (χ4n) is 5.16. The second-order valence-electron chi connectivity index (χ2n) is 9.16. The van der Waals surface area contributed by atoms with Crippen LogP contribution in [-0.4, -0.2) is 80.3 Å². The number of nitrogens with zero attached hydrogens (tertiary/aromatic N) is 3. The van der Waals surface area contributed by atoms with Crippen LogP contribution in [0, 0.1) is 0 Å². The predicted molar refractivity (Wildman–Crippen MR) is 133 cm³/mol. The summed E-state index contributed by atoms with van der Waals surface area (Å²) in [6, 6.07) is 8.04. The summed E-state index contributed by atoms with van der Waals surface area (Å²) in [5.74, 6) is 3.12. The normalized spacial score (nSPS) is 17.7. The summed E-state index contributed by atoms with van der Waals surface area (Å²) < 4.78 is 22.5. The number of pyridine rings is 1. The topological polar surface area (TPSA) is 73.4 Å². The molecule has 0 radical (unpaired) electrons. The molecule has 8 heteroatoms. The summed E-state index contributed by atoms with van der Waals surface area (Å²) in [6.45, 7) is 3.72. The van der Waals surface area contributed by atoms with Crippen LogP contribution in [0.5, 0.6) is 23.0 Å². The average molecular weight is 484 g/mol. The highest BCUT2D eigenvalue weighted by molar-refractivity contribution is 5.77. The first kappa shape index (κ1) is 25.1. The Kier molecular flexibility index (Phi) is 8.69. The van der Waals surface area contributed by atoms with Gasteiger partial charge in [-0.2, -0.15) is 0 Å². The van der Waals surface area contributed by atoms with Gasteiger partial charge >= 0.3 is 0 Å². The molecule has 2 aromatic rings. The zero-order valence-corrected chi connectivity index (χ0v) is 21.1. The van der Waals surface area contributed by atoms with Gasteiger partial charge in [0.2, 0.25) is 5.91 Å². The number of benzene rings is 1. The van der Waals surface area contributed by atoms with E-state index in [-0.39, 0.29) is 12.0 Å². The van der Waals surface area contributed by atoms with Gasteiger partial charge in [0.1, 0.15) is 29.1 Å². The quantitative estimate of drug-likeness (QED) is 0.540. The monoisotopic (exact) mass is 483 g/mol. The maximum Gasteiger partial charge on any atom is 0.222 e. The lowest BCUT2D eigenvalue weighted by atomic mass is 9.98. The molecule has 0 N–H and O–H groups in total. The Balaban J connectivity index is 1.23. The molecule has 0 atom stereocenters. The highest BCUT2D eigenvalue weighted by Gasteiger charge is 2.30. The molecule has 1 aromatic carbocycles. The zero-order valence-electron chi connectivity index (χ0n) is 21.1. The highest BCUT2D eigenvalue weighted by atomic mass is 16.5. The largest absolute Gasteiger partial charge is 0.496 e. The van der Waals surface area contributed by atoms with Gasteiger partial charge in [-0.25, -0.2) is 0 Å². The number of aromatic nitrogens is 1. The van der Waals surface area contributed by atoms with Gasteiger partial charge in [0.05, 0.1) is 21.3 Å². The van der Waals surface area contributed by atoms with Crippen LogP contribution in [0.25, 0.3) is 0 Å². The van der Waals surface area contributed by atoms with Gasteiger partial charge in [0.25, 0.3) is 0 Å². The van der Waals surface area contributed by atoms with Crippen molar-refractivity contribution < 1.29 is 23.7 Å². The second kappa shape index (κ2) is 12.1. The Hall–Kier alpha value is -3.00. The number of ether oxygens (including phenoxy) is 4. The van der Waals surface area contributed by atoms with Gasteiger partial charge in [0.15, 0.2) is 0 Å². The lowest BCUT2D eigenvalue weighted by molar-refractivity contribution is -0.132. The van der Waals surface area contributed by atoms with E-state index in [4.69, 9.17) is 18.9 Å². The number of carbonyl (C=O) groups excluding carboxylic acids is 1. The first-order chi connectivity index (χ1) is 17.1. The van der Waals surface area contributed by atoms with Crippen LogP contribution in [0.3, 0.4) is 0 Å². The van der Waals surface area contributed by atoms with E-state index in [1.165, 1.54) is 0 Å². The second-order valence-corrected chi connectivity index (χ2v) is 9.16. The van der Waals surface area contributed by atoms with Crippen LogP contribution in [0.2, 0.25) is 0 Å². The lowest BCUT2D eigenvalue weighted by Gasteiger charge is -2.41. The minimum Gasteiger partial charge on any atom is -0.496 e. The van der Waals surface area contributed by atoms with E-state index < -0.39 is 0 Å². The third kappa shape index (κ3) is 6.36. The summed E-state index contributed by atoms with van der Waals surface area (Å²) in [5, 5.41) is 0. The van der Waals surface area contributed by atoms with E-state index in [1.54, 1.807) is 33.7 Å². The van der Waals surface area contributed by atoms with Crippen LogP contribution in [-0.2, 0) is 11.2 Å². The molecule has 0 unspecified atom stereocenters. The molecule has 4 rings (SSSR count). The number of hydrogen-bond donors (Lipinski definition) is 0. The third-order valence-corrected chi connectivity index (χ3v) is 7.17. The number of rotatable bonds is 9. The highest BCUT2D eigenvalue weighted by Crippen LogP contribution is 2.35. The smallest absolute Gasteiger partial charge is 0.222 e. The molecule has 8 nitrogen and oxygen atoms in total. The number of hydrogen-bond acceptors (Lipinski definition) is 7. The SMILES string of the molecule is COc1cc(OC)c(CCC(=O)N2CCC(N3CCC(Oc4ccncc4)CC3)CC2)c(OC)c1. The molecule has 2 saturated heterocycles. The number of amides is 1. The van der Waals surface area contributed by atoms with Gasteiger partial charge in [-0.05, 0) is 44.2 Å². The first-order valence-corrected chi connectivity index (χ1v) is 12.5. The van der Waals surface area contributed by atoms with Crippen LogP contribution in [0.4, 0.5) is 0 Å². The Morgan fingerprint density at radius 2 is 1.51 bits per heavy atom. The van der Waals surface area contributed by atoms with Crippen molar-refractivity contribution in [2.75, 3.05) is 47.5 Å². The van der Waals surface area contributed by atoms with E-state index in [2.05, 4.69) is 9.88 Å². The molecule has 0 aliphatic carbocycles. The fourth-order valence-corrected chi connectivity index (χ4v) is 5.16. The molecule has 2 fully saturated rings. The van der Waals surface area contributed by atoms with Gasteiger partial charge in [0, 0.05) is 68.7 Å². The minimum absolute atomic E-state index is 0.188. The van der Waals surface area contributed by atoms with Gasteiger partial charge in [-0.15, -0.1) is 0 Å². The van der Waals surface area contributed by atoms with Crippen molar-refractivity contribution in [2.45, 2.75) is 50.7 Å². The third-order valence-electron chi connectivity index (χ3n) is 7.17. The molecule has 2 aliphatic rings. The predicted octanol–water partition coefficient (Wildman–Crippen LogP) is 3.57. The standard InChI is InChI=1S/C27H37N3O5/c1-32-23-18-25(33-2)24(26(19-23)34-3)4-5-27(31)30-14-8-20(9-15-30)29-16-10-22(11-17-29)35-21-6-12-28-13-7-21/h6-7,12-13,18-20,22H,4-5,8-11,14-17H2,1-3H3. The molecular formula is C27H37N3O5. The van der Waals surface area contributed by atoms with Crippen molar-refractivity contribution in [2.24, 2.45) is 0 Å². The van der Waals surface area contributed by atoms with Crippen LogP contribution >= 0.6 is 0 Å². The molecule has 190 valence electrons. The Morgan fingerprint density at radius 1 is 0.886 bits per heavy atom. The molecule has 35 heavy (non-hydrogen) atoms. The number of likely N-dealkylation sites (tertiary alicyclic amines) is 2. The molecular weight excluding hydrogens is 446 g/mol. The summed E-state index contributed by atoms with van der Waals surface area (Å²) in [5.41, 5.74) is 0.899. The molecule has 3 heterocycles. The maximum atomic E-state index is 13.0. The fraction of sp³-hybridized carbons (Fsp3) is 0.556. The number of piperidine rings is 2. The maximum absolute atomic E-state index is 13.0. The first-order valence-electron chi connectivity index (χ1n) is 12.5. The van der Waals surface area contributed by atoms with E-state index >= 15 is 0 Å². The van der Waals surface area contributed by atoms with Gasteiger partial charge in [-0.3, -0.25) is 14.7 Å². The zero-order chi connectivity index (χ0) is 24.6. The van der Waals surface area contributed by atoms with E-state index in [1.807, 2.05) is 29.2 Å². The summed E-state index contributed by atoms with van der Waals surface area (Å²) in [6.07, 6.45) is 8.92. The molecule has 1 aromatic heterocycles. The van der Waals surface area contributed by atoms with Crippen LogP contribution < -0.4 is 18.9 Å². The average Bonchev–Trinajstić information content (AvgIpc) is 2.92. The van der Waals surface area contributed by atoms with Crippen molar-refractivity contribution in [3.8, 4) is 23.0 Å². The van der Waals surface area contributed by atoms with Crippen LogP contribution in [0.1, 0.15) is 37.7 Å². The van der Waals surface area contributed by atoms with Gasteiger partial charge in [-0.1, -0.05) is 0 Å². The Bertz CT molecular complexity index is 930. The number of methoxy groups -OCH3 is 3. The van der Waals surface area contributed by atoms with Crippen molar-refractivity contribution >= 4 is 5.91 Å². The molecule has 0 spiro atoms. The van der Waals surface area contributed by atoms with Gasteiger partial charge < -0.3 is 23.8 Å². The minimum atomic E-state index is 0.188. The van der Waals surface area contributed by atoms with E-state index in [0.29, 0.717) is 36.1 Å². The Labute approximate surface area is 208 Å². The van der Waals surface area contributed by atoms with Crippen LogP contribution in [0.15, 0.2) is 36.7 Å². The lowest BCUT2D eigenvalue weighted by Crippen LogP contribution is -2.50. The molecule has 1 amide bonds. The number of carbonyl (C=O) groups is 1. The van der Waals surface area contributed by atoms with Crippen molar-refractivity contribution in [3.63, 3.8) is 0 Å².